The molecule has 0 saturated heterocycles. The maximum absolute atomic E-state index is 7.00. The van der Waals surface area contributed by atoms with Crippen LogP contribution in [0.5, 0.6) is 23.0 Å². The third kappa shape index (κ3) is 10.4. The molecule has 2 atom stereocenters. The summed E-state index contributed by atoms with van der Waals surface area (Å²) in [6, 6.07) is 12.7. The molecule has 1 aliphatic rings. The molecular formula is C32H52O6. The Balaban J connectivity index is 0.00000172. The summed E-state index contributed by atoms with van der Waals surface area (Å²) in [5.74, 6) is 3.69. The Hall–Kier alpha value is -2.44. The number of aliphatic hydroxyl groups excluding tert-OH is 2. The second kappa shape index (κ2) is 15.8. The van der Waals surface area contributed by atoms with Crippen molar-refractivity contribution >= 4 is 0 Å². The van der Waals surface area contributed by atoms with E-state index >= 15 is 0 Å². The summed E-state index contributed by atoms with van der Waals surface area (Å²) in [6.45, 7) is 19.9. The van der Waals surface area contributed by atoms with Crippen LogP contribution >= 0.6 is 0 Å². The van der Waals surface area contributed by atoms with Gasteiger partial charge in [0.05, 0.1) is 26.4 Å². The fourth-order valence-electron chi connectivity index (χ4n) is 3.96. The summed E-state index contributed by atoms with van der Waals surface area (Å²) in [6.07, 6.45) is 2.11. The molecule has 0 spiro atoms. The van der Waals surface area contributed by atoms with Crippen LogP contribution in [0.15, 0.2) is 36.4 Å². The largest absolute Gasteiger partial charge is 0.489 e. The first kappa shape index (κ1) is 33.6. The van der Waals surface area contributed by atoms with E-state index in [0.717, 1.165) is 50.1 Å². The van der Waals surface area contributed by atoms with Gasteiger partial charge in [0.15, 0.2) is 23.0 Å². The van der Waals surface area contributed by atoms with E-state index in [0.29, 0.717) is 26.4 Å². The highest BCUT2D eigenvalue weighted by atomic mass is 16.5. The van der Waals surface area contributed by atoms with E-state index in [4.69, 9.17) is 29.2 Å². The third-order valence-corrected chi connectivity index (χ3v) is 6.31. The van der Waals surface area contributed by atoms with E-state index in [1.54, 1.807) is 0 Å². The van der Waals surface area contributed by atoms with Gasteiger partial charge in [-0.05, 0) is 52.6 Å². The fourth-order valence-corrected chi connectivity index (χ4v) is 3.96. The smallest absolute Gasteiger partial charge is 0.161 e. The van der Waals surface area contributed by atoms with Gasteiger partial charge >= 0.3 is 0 Å². The molecule has 0 fully saturated rings. The van der Waals surface area contributed by atoms with Crippen molar-refractivity contribution in [3.8, 4) is 23.0 Å². The minimum Gasteiger partial charge on any atom is -0.489 e. The minimum atomic E-state index is 0.0418. The molecule has 0 amide bonds. The van der Waals surface area contributed by atoms with E-state index in [2.05, 4.69) is 85.7 Å². The van der Waals surface area contributed by atoms with Crippen LogP contribution in [0, 0.1) is 11.8 Å². The molecule has 1 heterocycles. The highest BCUT2D eigenvalue weighted by molar-refractivity contribution is 5.46. The lowest BCUT2D eigenvalue weighted by Gasteiger charge is -2.26. The van der Waals surface area contributed by atoms with E-state index in [1.807, 2.05) is 6.07 Å². The molecule has 0 radical (unpaired) electrons. The highest BCUT2D eigenvalue weighted by Gasteiger charge is 2.21. The Kier molecular flexibility index (Phi) is 14.0. The second-order valence-corrected chi connectivity index (χ2v) is 11.8. The second-order valence-electron chi connectivity index (χ2n) is 11.8. The molecular weight excluding hydrogens is 480 g/mol. The number of rotatable bonds is 2. The molecule has 0 aromatic heterocycles. The summed E-state index contributed by atoms with van der Waals surface area (Å²) in [7, 11) is 2.00. The molecule has 38 heavy (non-hydrogen) atoms. The maximum Gasteiger partial charge on any atom is 0.161 e. The average Bonchev–Trinajstić information content (AvgIpc) is 2.89. The number of hydrogen-bond donors (Lipinski definition) is 2. The van der Waals surface area contributed by atoms with Crippen LogP contribution in [0.1, 0.15) is 79.4 Å². The van der Waals surface area contributed by atoms with Gasteiger partial charge in [-0.2, -0.15) is 0 Å². The summed E-state index contributed by atoms with van der Waals surface area (Å²) in [4.78, 5) is 0. The van der Waals surface area contributed by atoms with Crippen LogP contribution in [0.25, 0.3) is 0 Å². The van der Waals surface area contributed by atoms with Crippen molar-refractivity contribution in [3.63, 3.8) is 0 Å². The van der Waals surface area contributed by atoms with Gasteiger partial charge in [-0.1, -0.05) is 73.9 Å². The van der Waals surface area contributed by atoms with Crippen molar-refractivity contribution in [2.75, 3.05) is 40.6 Å². The predicted molar refractivity (Wildman–Crippen MR) is 156 cm³/mol. The van der Waals surface area contributed by atoms with Crippen LogP contribution in [-0.2, 0) is 10.8 Å². The lowest BCUT2D eigenvalue weighted by Crippen LogP contribution is -2.22. The van der Waals surface area contributed by atoms with Gasteiger partial charge in [-0.25, -0.2) is 0 Å². The maximum atomic E-state index is 7.00. The van der Waals surface area contributed by atoms with Crippen molar-refractivity contribution in [2.24, 2.45) is 11.8 Å². The van der Waals surface area contributed by atoms with Gasteiger partial charge in [-0.15, -0.1) is 0 Å². The Bertz CT molecular complexity index is 942. The van der Waals surface area contributed by atoms with Gasteiger partial charge in [0.25, 0.3) is 0 Å². The molecule has 2 unspecified atom stereocenters. The molecule has 1 aliphatic heterocycles. The number of benzene rings is 2. The topological polar surface area (TPSA) is 77.4 Å². The lowest BCUT2D eigenvalue weighted by molar-refractivity contribution is 0.141. The Morgan fingerprint density at radius 2 is 1.00 bits per heavy atom. The molecule has 6 nitrogen and oxygen atoms in total. The van der Waals surface area contributed by atoms with E-state index < -0.39 is 0 Å². The van der Waals surface area contributed by atoms with E-state index in [9.17, 15) is 0 Å². The van der Waals surface area contributed by atoms with Crippen molar-refractivity contribution in [2.45, 2.75) is 79.1 Å². The first-order valence-electron chi connectivity index (χ1n) is 13.7. The van der Waals surface area contributed by atoms with Crippen molar-refractivity contribution in [3.05, 3.63) is 47.5 Å². The van der Waals surface area contributed by atoms with Crippen LogP contribution in [0.4, 0.5) is 0 Å². The zero-order valence-corrected chi connectivity index (χ0v) is 25.4. The van der Waals surface area contributed by atoms with Gasteiger partial charge < -0.3 is 29.2 Å². The Morgan fingerprint density at radius 3 is 1.39 bits per heavy atom. The lowest BCUT2D eigenvalue weighted by atomic mass is 9.87. The number of hydrogen-bond acceptors (Lipinski definition) is 6. The summed E-state index contributed by atoms with van der Waals surface area (Å²) in [5, 5.41) is 14.0. The zero-order chi connectivity index (χ0) is 28.9. The van der Waals surface area contributed by atoms with Gasteiger partial charge in [-0.3, -0.25) is 0 Å². The molecule has 216 valence electrons. The van der Waals surface area contributed by atoms with Crippen LogP contribution in [0.2, 0.25) is 0 Å². The Morgan fingerprint density at radius 1 is 0.632 bits per heavy atom. The predicted octanol–water partition coefficient (Wildman–Crippen LogP) is 6.78. The zero-order valence-electron chi connectivity index (χ0n) is 25.4. The molecule has 6 heteroatoms. The van der Waals surface area contributed by atoms with Crippen LogP contribution in [0.3, 0.4) is 0 Å². The average molecular weight is 533 g/mol. The standard InChI is InChI=1S/C30H44O4.2CH4O/c1-9-10-22-19-33-26-14-12-23(29(3,4)5)15-27(26)32-18-21(2)17-31-25-13-11-24(30(6,7)8)16-28(25)34-20-22;2*1-2/h11-16,21-22H,9-10,17-20H2,1-8H3;2*2H,1H3. The summed E-state index contributed by atoms with van der Waals surface area (Å²) >= 11 is 0. The number of aliphatic hydroxyl groups is 2. The number of fused-ring (bicyclic) bond motifs is 2. The SMILES string of the molecule is CCCC1COc2ccc(C(C)(C)C)cc2OCC(C)COc2ccc(C(C)(C)C)cc2OC1.CO.CO. The summed E-state index contributed by atoms with van der Waals surface area (Å²) < 4.78 is 25.2. The highest BCUT2D eigenvalue weighted by Crippen LogP contribution is 2.36. The van der Waals surface area contributed by atoms with E-state index in [1.165, 1.54) is 11.1 Å². The molecule has 2 aromatic rings. The molecule has 0 bridgehead atoms. The van der Waals surface area contributed by atoms with Gasteiger partial charge in [0, 0.05) is 26.1 Å². The first-order chi connectivity index (χ1) is 18.0. The Labute approximate surface area is 231 Å². The summed E-state index contributed by atoms with van der Waals surface area (Å²) in [5.41, 5.74) is 2.55. The van der Waals surface area contributed by atoms with Crippen molar-refractivity contribution in [1.29, 1.82) is 0 Å². The third-order valence-electron chi connectivity index (χ3n) is 6.31. The van der Waals surface area contributed by atoms with Gasteiger partial charge in [0.1, 0.15) is 0 Å². The first-order valence-corrected chi connectivity index (χ1v) is 13.7. The molecule has 0 saturated carbocycles. The van der Waals surface area contributed by atoms with Gasteiger partial charge in [0.2, 0.25) is 0 Å². The van der Waals surface area contributed by atoms with Crippen molar-refractivity contribution in [1.82, 2.24) is 0 Å². The normalized spacial score (nSPS) is 18.1. The van der Waals surface area contributed by atoms with Crippen molar-refractivity contribution < 1.29 is 29.2 Å². The fraction of sp³-hybridized carbons (Fsp3) is 0.625. The van der Waals surface area contributed by atoms with Crippen LogP contribution < -0.4 is 18.9 Å². The molecule has 0 aliphatic carbocycles. The monoisotopic (exact) mass is 532 g/mol. The minimum absolute atomic E-state index is 0.0418. The van der Waals surface area contributed by atoms with Crippen LogP contribution in [-0.4, -0.2) is 50.9 Å². The molecule has 2 aromatic carbocycles. The molecule has 2 N–H and O–H groups in total. The number of ether oxygens (including phenoxy) is 4. The quantitative estimate of drug-likeness (QED) is 0.444. The van der Waals surface area contributed by atoms with E-state index in [-0.39, 0.29) is 22.7 Å². The molecule has 3 rings (SSSR count).